The Morgan fingerprint density at radius 3 is 3.00 bits per heavy atom. The van der Waals surface area contributed by atoms with Crippen LogP contribution in [0.25, 0.3) is 5.70 Å². The van der Waals surface area contributed by atoms with Crippen molar-refractivity contribution in [1.29, 1.82) is 0 Å². The lowest BCUT2D eigenvalue weighted by Gasteiger charge is -2.08. The number of nitrogens with zero attached hydrogens (tertiary/aromatic N) is 2. The molecule has 1 aromatic heterocycles. The summed E-state index contributed by atoms with van der Waals surface area (Å²) >= 11 is 0. The number of aromatic nitrogens is 2. The molecule has 0 spiro atoms. The maximum Gasteiger partial charge on any atom is 0.145 e. The third-order valence-electron chi connectivity index (χ3n) is 1.94. The highest BCUT2D eigenvalue weighted by molar-refractivity contribution is 5.60. The fourth-order valence-corrected chi connectivity index (χ4v) is 1.30. The van der Waals surface area contributed by atoms with Crippen LogP contribution in [0.15, 0.2) is 30.2 Å². The maximum atomic E-state index is 13.3. The van der Waals surface area contributed by atoms with Gasteiger partial charge in [-0.05, 0) is 12.5 Å². The van der Waals surface area contributed by atoms with E-state index in [1.807, 2.05) is 6.08 Å². The predicted octanol–water partition coefficient (Wildman–Crippen LogP) is 1.95. The molecule has 0 aliphatic heterocycles. The van der Waals surface area contributed by atoms with Crippen LogP contribution in [0, 0.1) is 0 Å². The Bertz CT molecular complexity index is 376. The predicted molar refractivity (Wildman–Crippen MR) is 49.3 cm³/mol. The second kappa shape index (κ2) is 3.05. The summed E-state index contributed by atoms with van der Waals surface area (Å²) in [7, 11) is 0. The van der Waals surface area contributed by atoms with Crippen molar-refractivity contribution < 1.29 is 4.39 Å². The molecule has 0 unspecified atom stereocenters. The van der Waals surface area contributed by atoms with E-state index in [9.17, 15) is 4.39 Å². The molecule has 0 saturated heterocycles. The van der Waals surface area contributed by atoms with Crippen LogP contribution in [-0.4, -0.2) is 9.78 Å². The number of halogens is 1. The molecule has 2 rings (SSSR count). The van der Waals surface area contributed by atoms with Crippen molar-refractivity contribution in [2.24, 2.45) is 0 Å². The van der Waals surface area contributed by atoms with E-state index < -0.39 is 0 Å². The third-order valence-corrected chi connectivity index (χ3v) is 1.94. The van der Waals surface area contributed by atoms with Crippen molar-refractivity contribution in [1.82, 2.24) is 9.78 Å². The summed E-state index contributed by atoms with van der Waals surface area (Å²) in [4.78, 5) is 0. The number of rotatable bonds is 1. The SMILES string of the molecule is Nc1ccn(C2=C(F)CCC=C2)n1. The summed E-state index contributed by atoms with van der Waals surface area (Å²) in [5, 5.41) is 3.93. The Labute approximate surface area is 75.3 Å². The van der Waals surface area contributed by atoms with Crippen LogP contribution in [-0.2, 0) is 0 Å². The van der Waals surface area contributed by atoms with Crippen LogP contribution in [0.3, 0.4) is 0 Å². The molecular formula is C9H10FN3. The van der Waals surface area contributed by atoms with Crippen molar-refractivity contribution in [2.75, 3.05) is 5.73 Å². The van der Waals surface area contributed by atoms with Gasteiger partial charge in [0, 0.05) is 18.7 Å². The molecule has 1 heterocycles. The lowest BCUT2D eigenvalue weighted by atomic mass is 10.1. The van der Waals surface area contributed by atoms with Gasteiger partial charge in [-0.25, -0.2) is 9.07 Å². The first-order valence-electron chi connectivity index (χ1n) is 4.14. The normalized spacial score (nSPS) is 16.7. The van der Waals surface area contributed by atoms with Crippen LogP contribution in [0.4, 0.5) is 10.2 Å². The lowest BCUT2D eigenvalue weighted by Crippen LogP contribution is -2.01. The average molecular weight is 179 g/mol. The fraction of sp³-hybridized carbons (Fsp3) is 0.222. The molecule has 0 saturated carbocycles. The van der Waals surface area contributed by atoms with Crippen molar-refractivity contribution in [3.05, 3.63) is 30.2 Å². The molecular weight excluding hydrogens is 169 g/mol. The highest BCUT2D eigenvalue weighted by Gasteiger charge is 2.09. The molecule has 3 nitrogen and oxygen atoms in total. The second-order valence-electron chi connectivity index (χ2n) is 2.92. The van der Waals surface area contributed by atoms with Gasteiger partial charge in [0.15, 0.2) is 0 Å². The van der Waals surface area contributed by atoms with E-state index in [1.54, 1.807) is 18.3 Å². The first-order valence-corrected chi connectivity index (χ1v) is 4.14. The van der Waals surface area contributed by atoms with Crippen molar-refractivity contribution in [3.8, 4) is 0 Å². The molecule has 0 atom stereocenters. The zero-order valence-electron chi connectivity index (χ0n) is 7.07. The molecule has 0 amide bonds. The molecule has 0 fully saturated rings. The monoisotopic (exact) mass is 179 g/mol. The van der Waals surface area contributed by atoms with Gasteiger partial charge in [-0.3, -0.25) is 0 Å². The molecule has 0 bridgehead atoms. The number of nitrogen functional groups attached to an aromatic ring is 1. The zero-order chi connectivity index (χ0) is 9.26. The summed E-state index contributed by atoms with van der Waals surface area (Å²) in [5.41, 5.74) is 5.92. The van der Waals surface area contributed by atoms with Crippen LogP contribution >= 0.6 is 0 Å². The minimum Gasteiger partial charge on any atom is -0.382 e. The number of allylic oxidation sites excluding steroid dienone is 4. The molecule has 4 heteroatoms. The van der Waals surface area contributed by atoms with Crippen LogP contribution < -0.4 is 5.73 Å². The highest BCUT2D eigenvalue weighted by atomic mass is 19.1. The third kappa shape index (κ3) is 1.47. The first kappa shape index (κ1) is 8.04. The van der Waals surface area contributed by atoms with Gasteiger partial charge in [-0.15, -0.1) is 0 Å². The number of nitrogens with two attached hydrogens (primary N) is 1. The Balaban J connectivity index is 2.40. The number of hydrogen-bond acceptors (Lipinski definition) is 2. The van der Waals surface area contributed by atoms with Crippen molar-refractivity contribution in [2.45, 2.75) is 12.8 Å². The van der Waals surface area contributed by atoms with Gasteiger partial charge in [0.1, 0.15) is 11.6 Å². The fourth-order valence-electron chi connectivity index (χ4n) is 1.30. The van der Waals surface area contributed by atoms with E-state index in [4.69, 9.17) is 5.73 Å². The zero-order valence-corrected chi connectivity index (χ0v) is 7.07. The van der Waals surface area contributed by atoms with Gasteiger partial charge >= 0.3 is 0 Å². The molecule has 0 aromatic carbocycles. The van der Waals surface area contributed by atoms with Gasteiger partial charge in [0.25, 0.3) is 0 Å². The van der Waals surface area contributed by atoms with Crippen LogP contribution in [0.1, 0.15) is 12.8 Å². The van der Waals surface area contributed by atoms with Gasteiger partial charge in [-0.2, -0.15) is 5.10 Å². The summed E-state index contributed by atoms with van der Waals surface area (Å²) < 4.78 is 14.7. The summed E-state index contributed by atoms with van der Waals surface area (Å²) in [6.07, 6.45) is 6.51. The van der Waals surface area contributed by atoms with Gasteiger partial charge < -0.3 is 5.73 Å². The Morgan fingerprint density at radius 2 is 2.38 bits per heavy atom. The molecule has 68 valence electrons. The minimum absolute atomic E-state index is 0.134. The van der Waals surface area contributed by atoms with Gasteiger partial charge in [0.2, 0.25) is 0 Å². The van der Waals surface area contributed by atoms with Crippen LogP contribution in [0.2, 0.25) is 0 Å². The minimum atomic E-state index is -0.134. The summed E-state index contributed by atoms with van der Waals surface area (Å²) in [6.45, 7) is 0. The Morgan fingerprint density at radius 1 is 1.54 bits per heavy atom. The topological polar surface area (TPSA) is 43.8 Å². The maximum absolute atomic E-state index is 13.3. The van der Waals surface area contributed by atoms with E-state index in [1.165, 1.54) is 4.68 Å². The lowest BCUT2D eigenvalue weighted by molar-refractivity contribution is 0.582. The van der Waals surface area contributed by atoms with E-state index >= 15 is 0 Å². The summed E-state index contributed by atoms with van der Waals surface area (Å²) in [5.74, 6) is 0.268. The second-order valence-corrected chi connectivity index (χ2v) is 2.92. The molecule has 2 N–H and O–H groups in total. The van der Waals surface area contributed by atoms with E-state index in [2.05, 4.69) is 5.10 Å². The molecule has 0 radical (unpaired) electrons. The Kier molecular flexibility index (Phi) is 1.88. The molecule has 1 aliphatic carbocycles. The summed E-state index contributed by atoms with van der Waals surface area (Å²) in [6, 6.07) is 1.64. The first-order chi connectivity index (χ1) is 6.27. The molecule has 13 heavy (non-hydrogen) atoms. The standard InChI is InChI=1S/C9H10FN3/c10-7-3-1-2-4-8(7)13-6-5-9(11)12-13/h2,4-6H,1,3H2,(H2,11,12). The van der Waals surface area contributed by atoms with E-state index in [0.29, 0.717) is 17.9 Å². The number of anilines is 1. The average Bonchev–Trinajstić information content (AvgIpc) is 2.53. The van der Waals surface area contributed by atoms with Crippen molar-refractivity contribution in [3.63, 3.8) is 0 Å². The largest absolute Gasteiger partial charge is 0.382 e. The van der Waals surface area contributed by atoms with Crippen LogP contribution in [0.5, 0.6) is 0 Å². The van der Waals surface area contributed by atoms with E-state index in [0.717, 1.165) is 6.42 Å². The van der Waals surface area contributed by atoms with Gasteiger partial charge in [0.05, 0.1) is 5.70 Å². The smallest absolute Gasteiger partial charge is 0.145 e. The van der Waals surface area contributed by atoms with E-state index in [-0.39, 0.29) is 5.83 Å². The molecule has 1 aromatic rings. The quantitative estimate of drug-likeness (QED) is 0.716. The highest BCUT2D eigenvalue weighted by Crippen LogP contribution is 2.23. The van der Waals surface area contributed by atoms with Crippen molar-refractivity contribution >= 4 is 11.5 Å². The number of hydrogen-bond donors (Lipinski definition) is 1. The van der Waals surface area contributed by atoms with Gasteiger partial charge in [-0.1, -0.05) is 6.08 Å². The Hall–Kier alpha value is -1.58. The molecule has 1 aliphatic rings.